The molecule has 0 saturated heterocycles. The van der Waals surface area contributed by atoms with E-state index in [4.69, 9.17) is 23.5 Å². The number of benzene rings is 2. The third kappa shape index (κ3) is 5.13. The summed E-state index contributed by atoms with van der Waals surface area (Å²) in [7, 11) is 6.16. The maximum absolute atomic E-state index is 12.2. The van der Waals surface area contributed by atoms with Crippen molar-refractivity contribution in [3.05, 3.63) is 53.9 Å². The standard InChI is InChI=1S/C22H23N3O6/c1-27-16-7-5-6-15(12-16)22-24-19(31-25-22)13-23-18(26)11-9-14-8-10-17(28-2)21(30-4)20(14)29-3/h5-12H,13H2,1-4H3,(H,23,26)/b11-9+. The molecule has 1 heterocycles. The monoisotopic (exact) mass is 425 g/mol. The van der Waals surface area contributed by atoms with Gasteiger partial charge >= 0.3 is 0 Å². The fourth-order valence-electron chi connectivity index (χ4n) is 2.85. The summed E-state index contributed by atoms with van der Waals surface area (Å²) in [5, 5.41) is 6.64. The van der Waals surface area contributed by atoms with E-state index in [1.165, 1.54) is 27.4 Å². The third-order valence-electron chi connectivity index (χ3n) is 4.36. The number of hydrogen-bond acceptors (Lipinski definition) is 8. The summed E-state index contributed by atoms with van der Waals surface area (Å²) in [6.45, 7) is 0.0865. The van der Waals surface area contributed by atoms with E-state index in [1.54, 1.807) is 31.4 Å². The number of nitrogens with one attached hydrogen (secondary N) is 1. The molecule has 0 atom stereocenters. The molecule has 9 heteroatoms. The normalized spacial score (nSPS) is 10.7. The van der Waals surface area contributed by atoms with E-state index in [-0.39, 0.29) is 18.3 Å². The first-order valence-electron chi connectivity index (χ1n) is 9.31. The van der Waals surface area contributed by atoms with Crippen molar-refractivity contribution < 1.29 is 28.3 Å². The first-order chi connectivity index (χ1) is 15.1. The van der Waals surface area contributed by atoms with Crippen LogP contribution in [-0.2, 0) is 11.3 Å². The molecule has 1 amide bonds. The van der Waals surface area contributed by atoms with E-state index in [0.29, 0.717) is 34.4 Å². The van der Waals surface area contributed by atoms with Crippen LogP contribution >= 0.6 is 0 Å². The Morgan fingerprint density at radius 3 is 2.55 bits per heavy atom. The Balaban J connectivity index is 1.64. The Morgan fingerprint density at radius 1 is 1.03 bits per heavy atom. The number of ether oxygens (including phenoxy) is 4. The second-order valence-corrected chi connectivity index (χ2v) is 6.22. The molecule has 3 aromatic rings. The predicted octanol–water partition coefficient (Wildman–Crippen LogP) is 3.10. The summed E-state index contributed by atoms with van der Waals surface area (Å²) in [5.74, 6) is 2.49. The molecule has 1 N–H and O–H groups in total. The van der Waals surface area contributed by atoms with Crippen LogP contribution in [0.25, 0.3) is 17.5 Å². The van der Waals surface area contributed by atoms with Crippen molar-refractivity contribution in [2.45, 2.75) is 6.54 Å². The van der Waals surface area contributed by atoms with Gasteiger partial charge in [-0.2, -0.15) is 4.98 Å². The van der Waals surface area contributed by atoms with Crippen LogP contribution in [0, 0.1) is 0 Å². The van der Waals surface area contributed by atoms with Crippen molar-refractivity contribution in [1.29, 1.82) is 0 Å². The summed E-state index contributed by atoms with van der Waals surface area (Å²) >= 11 is 0. The SMILES string of the molecule is COc1cccc(-c2noc(CNC(=O)/C=C/c3ccc(OC)c(OC)c3OC)n2)c1. The minimum Gasteiger partial charge on any atom is -0.497 e. The zero-order valence-corrected chi connectivity index (χ0v) is 17.7. The van der Waals surface area contributed by atoms with Crippen LogP contribution in [-0.4, -0.2) is 44.5 Å². The number of carbonyl (C=O) groups excluding carboxylic acids is 1. The lowest BCUT2D eigenvalue weighted by Crippen LogP contribution is -2.20. The number of aromatic nitrogens is 2. The highest BCUT2D eigenvalue weighted by Crippen LogP contribution is 2.40. The molecule has 0 aliphatic heterocycles. The van der Waals surface area contributed by atoms with Crippen LogP contribution < -0.4 is 24.3 Å². The highest BCUT2D eigenvalue weighted by atomic mass is 16.5. The van der Waals surface area contributed by atoms with Crippen molar-refractivity contribution in [3.8, 4) is 34.4 Å². The Hall–Kier alpha value is -4.01. The molecule has 9 nitrogen and oxygen atoms in total. The quantitative estimate of drug-likeness (QED) is 0.522. The summed E-state index contributed by atoms with van der Waals surface area (Å²) < 4.78 is 26.4. The van der Waals surface area contributed by atoms with Gasteiger partial charge in [0.05, 0.1) is 35.0 Å². The number of nitrogens with zero attached hydrogens (tertiary/aromatic N) is 2. The van der Waals surface area contributed by atoms with Gasteiger partial charge in [-0.25, -0.2) is 0 Å². The second-order valence-electron chi connectivity index (χ2n) is 6.22. The molecule has 0 bridgehead atoms. The van der Waals surface area contributed by atoms with Crippen LogP contribution in [0.2, 0.25) is 0 Å². The molecule has 0 fully saturated rings. The minimum atomic E-state index is -0.335. The molecule has 0 saturated carbocycles. The smallest absolute Gasteiger partial charge is 0.246 e. The lowest BCUT2D eigenvalue weighted by molar-refractivity contribution is -0.116. The summed E-state index contributed by atoms with van der Waals surface area (Å²) in [6.07, 6.45) is 2.99. The van der Waals surface area contributed by atoms with E-state index in [0.717, 1.165) is 5.56 Å². The Labute approximate surface area is 179 Å². The summed E-state index contributed by atoms with van der Waals surface area (Å²) in [4.78, 5) is 16.5. The number of amides is 1. The van der Waals surface area contributed by atoms with E-state index in [2.05, 4.69) is 15.5 Å². The lowest BCUT2D eigenvalue weighted by Gasteiger charge is -2.13. The fourth-order valence-corrected chi connectivity index (χ4v) is 2.85. The third-order valence-corrected chi connectivity index (χ3v) is 4.36. The first kappa shape index (κ1) is 21.7. The van der Waals surface area contributed by atoms with Gasteiger partial charge in [0, 0.05) is 17.2 Å². The fraction of sp³-hybridized carbons (Fsp3) is 0.227. The van der Waals surface area contributed by atoms with Gasteiger partial charge in [-0.05, 0) is 30.3 Å². The molecule has 0 aliphatic carbocycles. The predicted molar refractivity (Wildman–Crippen MR) is 113 cm³/mol. The molecule has 1 aromatic heterocycles. The van der Waals surface area contributed by atoms with Gasteiger partial charge in [-0.3, -0.25) is 4.79 Å². The van der Waals surface area contributed by atoms with Crippen molar-refractivity contribution in [2.24, 2.45) is 0 Å². The molecule has 0 spiro atoms. The number of carbonyl (C=O) groups is 1. The molecular formula is C22H23N3O6. The molecule has 0 aliphatic rings. The second kappa shape index (κ2) is 10.1. The van der Waals surface area contributed by atoms with Crippen molar-refractivity contribution in [3.63, 3.8) is 0 Å². The Kier molecular flexibility index (Phi) is 7.10. The highest BCUT2D eigenvalue weighted by molar-refractivity contribution is 5.92. The Bertz CT molecular complexity index is 1080. The molecule has 2 aromatic carbocycles. The Morgan fingerprint density at radius 2 is 1.84 bits per heavy atom. The van der Waals surface area contributed by atoms with Crippen molar-refractivity contribution in [2.75, 3.05) is 28.4 Å². The molecule has 31 heavy (non-hydrogen) atoms. The average Bonchev–Trinajstić information content (AvgIpc) is 3.29. The van der Waals surface area contributed by atoms with E-state index in [9.17, 15) is 4.79 Å². The van der Waals surface area contributed by atoms with Crippen LogP contribution in [0.1, 0.15) is 11.5 Å². The maximum Gasteiger partial charge on any atom is 0.246 e. The summed E-state index contributed by atoms with van der Waals surface area (Å²) in [5.41, 5.74) is 1.41. The number of rotatable bonds is 9. The van der Waals surface area contributed by atoms with Crippen molar-refractivity contribution in [1.82, 2.24) is 15.5 Å². The van der Waals surface area contributed by atoms with Gasteiger partial charge in [0.25, 0.3) is 0 Å². The lowest BCUT2D eigenvalue weighted by atomic mass is 10.1. The van der Waals surface area contributed by atoms with E-state index >= 15 is 0 Å². The van der Waals surface area contributed by atoms with Gasteiger partial charge in [0.1, 0.15) is 5.75 Å². The van der Waals surface area contributed by atoms with Gasteiger partial charge in [-0.15, -0.1) is 0 Å². The molecule has 0 unspecified atom stereocenters. The topological polar surface area (TPSA) is 105 Å². The van der Waals surface area contributed by atoms with Gasteiger partial charge in [-0.1, -0.05) is 17.3 Å². The van der Waals surface area contributed by atoms with E-state index in [1.807, 2.05) is 18.2 Å². The molecule has 3 rings (SSSR count). The van der Waals surface area contributed by atoms with Crippen molar-refractivity contribution >= 4 is 12.0 Å². The first-order valence-corrected chi connectivity index (χ1v) is 9.31. The number of hydrogen-bond donors (Lipinski definition) is 1. The van der Waals surface area contributed by atoms with Crippen LogP contribution in [0.15, 0.2) is 47.0 Å². The van der Waals surface area contributed by atoms with Crippen LogP contribution in [0.5, 0.6) is 23.0 Å². The van der Waals surface area contributed by atoms with E-state index < -0.39 is 0 Å². The van der Waals surface area contributed by atoms with Gasteiger partial charge in [0.15, 0.2) is 11.5 Å². The molecule has 0 radical (unpaired) electrons. The average molecular weight is 425 g/mol. The zero-order chi connectivity index (χ0) is 22.2. The van der Waals surface area contributed by atoms with Crippen LogP contribution in [0.4, 0.5) is 0 Å². The zero-order valence-electron chi connectivity index (χ0n) is 17.7. The number of methoxy groups -OCH3 is 4. The minimum absolute atomic E-state index is 0.0865. The van der Waals surface area contributed by atoms with Gasteiger partial charge < -0.3 is 28.8 Å². The molecule has 162 valence electrons. The van der Waals surface area contributed by atoms with Gasteiger partial charge in [0.2, 0.25) is 23.4 Å². The summed E-state index contributed by atoms with van der Waals surface area (Å²) in [6, 6.07) is 10.8. The molecular weight excluding hydrogens is 402 g/mol. The highest BCUT2D eigenvalue weighted by Gasteiger charge is 2.14. The van der Waals surface area contributed by atoms with Crippen LogP contribution in [0.3, 0.4) is 0 Å². The maximum atomic E-state index is 12.2. The largest absolute Gasteiger partial charge is 0.497 e.